The molecule has 9 heteroatoms. The highest BCUT2D eigenvalue weighted by atomic mass is 19.3. The molecule has 3 heterocycles. The van der Waals surface area contributed by atoms with E-state index in [9.17, 15) is 13.6 Å². The number of rotatable bonds is 5. The lowest BCUT2D eigenvalue weighted by molar-refractivity contribution is -0.129. The van der Waals surface area contributed by atoms with Crippen molar-refractivity contribution in [2.45, 2.75) is 63.6 Å². The quantitative estimate of drug-likeness (QED) is 0.656. The average Bonchev–Trinajstić information content (AvgIpc) is 3.32. The zero-order chi connectivity index (χ0) is 24.1. The van der Waals surface area contributed by atoms with Crippen molar-refractivity contribution < 1.29 is 18.0 Å². The van der Waals surface area contributed by atoms with Crippen molar-refractivity contribution in [1.29, 1.82) is 0 Å². The van der Waals surface area contributed by atoms with E-state index in [2.05, 4.69) is 9.97 Å². The van der Waals surface area contributed by atoms with Gasteiger partial charge in [-0.15, -0.1) is 0 Å². The van der Waals surface area contributed by atoms with E-state index in [1.54, 1.807) is 36.0 Å². The zero-order valence-corrected chi connectivity index (χ0v) is 19.6. The van der Waals surface area contributed by atoms with Crippen molar-refractivity contribution in [2.75, 3.05) is 30.4 Å². The first-order chi connectivity index (χ1) is 15.4. The third-order valence-electron chi connectivity index (χ3n) is 7.10. The van der Waals surface area contributed by atoms with E-state index < -0.39 is 17.8 Å². The number of nitrogens with zero attached hydrogens (tertiary/aromatic N) is 5. The van der Waals surface area contributed by atoms with Crippen molar-refractivity contribution >= 4 is 17.5 Å². The van der Waals surface area contributed by atoms with Gasteiger partial charge >= 0.3 is 0 Å². The molecule has 6 nitrogen and oxygen atoms in total. The van der Waals surface area contributed by atoms with Gasteiger partial charge in [0.2, 0.25) is 11.7 Å². The molecule has 0 bridgehead atoms. The normalized spacial score (nSPS) is 22.8. The Labute approximate surface area is 192 Å². The Kier molecular flexibility index (Phi) is 5.78. The molecule has 2 saturated heterocycles. The molecule has 2 aromatic rings. The van der Waals surface area contributed by atoms with E-state index in [-0.39, 0.29) is 34.7 Å². The number of hydrogen-bond donors (Lipinski definition) is 0. The summed E-state index contributed by atoms with van der Waals surface area (Å²) in [6.07, 6.45) is 3.45. The number of halogens is 3. The second kappa shape index (κ2) is 8.18. The minimum absolute atomic E-state index is 0.0537. The summed E-state index contributed by atoms with van der Waals surface area (Å²) in [4.78, 5) is 26.3. The van der Waals surface area contributed by atoms with Crippen molar-refractivity contribution in [1.82, 2.24) is 14.9 Å². The van der Waals surface area contributed by atoms with Crippen LogP contribution in [0.25, 0.3) is 0 Å². The van der Waals surface area contributed by atoms with E-state index in [0.29, 0.717) is 13.0 Å². The van der Waals surface area contributed by atoms with Crippen LogP contribution < -0.4 is 9.80 Å². The number of likely N-dealkylation sites (tertiary alicyclic amines) is 1. The second-order valence-corrected chi connectivity index (χ2v) is 9.74. The standard InChI is InChI=1S/C24H30F3N5O/c1-23(2)13-18(22(33)31(23)5)30(4)20-19(25)21(29-14-28-20)32-12-6-7-17(32)15-8-10-16(11-9-15)24(3,26)27/h8-11,14,17-18H,6-7,12-13H2,1-5H3. The van der Waals surface area contributed by atoms with Crippen LogP contribution in [0.5, 0.6) is 0 Å². The number of carbonyl (C=O) groups is 1. The lowest BCUT2D eigenvalue weighted by Gasteiger charge is -2.29. The van der Waals surface area contributed by atoms with Crippen molar-refractivity contribution in [3.05, 3.63) is 47.5 Å². The van der Waals surface area contributed by atoms with Crippen LogP contribution in [-0.2, 0) is 10.7 Å². The van der Waals surface area contributed by atoms with Crippen molar-refractivity contribution in [3.8, 4) is 0 Å². The molecule has 2 fully saturated rings. The molecule has 0 radical (unpaired) electrons. The largest absolute Gasteiger partial charge is 0.347 e. The first-order valence-electron chi connectivity index (χ1n) is 11.2. The Balaban J connectivity index is 1.62. The average molecular weight is 462 g/mol. The van der Waals surface area contributed by atoms with Crippen LogP contribution in [-0.4, -0.2) is 53.0 Å². The van der Waals surface area contributed by atoms with E-state index >= 15 is 4.39 Å². The fourth-order valence-corrected chi connectivity index (χ4v) is 4.83. The summed E-state index contributed by atoms with van der Waals surface area (Å²) in [6, 6.07) is 5.51. The third-order valence-corrected chi connectivity index (χ3v) is 7.10. The van der Waals surface area contributed by atoms with Crippen LogP contribution in [0, 0.1) is 5.82 Å². The van der Waals surface area contributed by atoms with Gasteiger partial charge in [0.25, 0.3) is 5.92 Å². The first kappa shape index (κ1) is 23.3. The van der Waals surface area contributed by atoms with Gasteiger partial charge in [-0.3, -0.25) is 4.79 Å². The maximum absolute atomic E-state index is 15.7. The lowest BCUT2D eigenvalue weighted by atomic mass is 10.00. The van der Waals surface area contributed by atoms with Crippen molar-refractivity contribution in [2.24, 2.45) is 0 Å². The molecule has 0 spiro atoms. The molecule has 0 saturated carbocycles. The van der Waals surface area contributed by atoms with Gasteiger partial charge in [-0.25, -0.2) is 18.7 Å². The summed E-state index contributed by atoms with van der Waals surface area (Å²) in [5.74, 6) is -3.32. The molecule has 2 atom stereocenters. The molecule has 0 aliphatic carbocycles. The van der Waals surface area contributed by atoms with Gasteiger partial charge in [0, 0.05) is 38.7 Å². The van der Waals surface area contributed by atoms with Crippen LogP contribution >= 0.6 is 0 Å². The van der Waals surface area contributed by atoms with E-state index in [4.69, 9.17) is 0 Å². The predicted octanol–water partition coefficient (Wildman–Crippen LogP) is 4.51. The van der Waals surface area contributed by atoms with Crippen LogP contribution in [0.1, 0.15) is 57.2 Å². The molecule has 1 aromatic heterocycles. The summed E-state index contributed by atoms with van der Waals surface area (Å²) < 4.78 is 42.9. The second-order valence-electron chi connectivity index (χ2n) is 9.74. The maximum atomic E-state index is 15.7. The summed E-state index contributed by atoms with van der Waals surface area (Å²) in [6.45, 7) is 5.42. The van der Waals surface area contributed by atoms with Gasteiger partial charge in [-0.1, -0.05) is 24.3 Å². The van der Waals surface area contributed by atoms with Gasteiger partial charge in [0.05, 0.1) is 6.04 Å². The molecular weight excluding hydrogens is 431 g/mol. The number of carbonyl (C=O) groups excluding carboxylic acids is 1. The number of aromatic nitrogens is 2. The molecule has 178 valence electrons. The topological polar surface area (TPSA) is 52.6 Å². The Morgan fingerprint density at radius 1 is 1.18 bits per heavy atom. The fraction of sp³-hybridized carbons (Fsp3) is 0.542. The smallest absolute Gasteiger partial charge is 0.270 e. The summed E-state index contributed by atoms with van der Waals surface area (Å²) in [7, 11) is 3.44. The third kappa shape index (κ3) is 4.13. The molecule has 1 aromatic carbocycles. The Bertz CT molecular complexity index is 1040. The summed E-state index contributed by atoms with van der Waals surface area (Å²) in [5, 5.41) is 0. The molecule has 0 N–H and O–H groups in total. The minimum atomic E-state index is -2.91. The van der Waals surface area contributed by atoms with Crippen LogP contribution in [0.3, 0.4) is 0 Å². The van der Waals surface area contributed by atoms with Gasteiger partial charge < -0.3 is 14.7 Å². The van der Waals surface area contributed by atoms with Crippen LogP contribution in [0.15, 0.2) is 30.6 Å². The van der Waals surface area contributed by atoms with Gasteiger partial charge in [-0.2, -0.15) is 4.39 Å². The maximum Gasteiger partial charge on any atom is 0.270 e. The molecule has 33 heavy (non-hydrogen) atoms. The molecule has 1 amide bonds. The summed E-state index contributed by atoms with van der Waals surface area (Å²) in [5.41, 5.74) is 0.453. The number of hydrogen-bond acceptors (Lipinski definition) is 5. The first-order valence-corrected chi connectivity index (χ1v) is 11.2. The molecule has 2 unspecified atom stereocenters. The SMILES string of the molecule is CN(c1ncnc(N2CCCC2c2ccc(C(C)(F)F)cc2)c1F)C1CC(C)(C)N(C)C1=O. The van der Waals surface area contributed by atoms with Gasteiger partial charge in [0.15, 0.2) is 11.6 Å². The molecule has 2 aliphatic heterocycles. The number of benzene rings is 1. The number of anilines is 2. The monoisotopic (exact) mass is 461 g/mol. The Hall–Kier alpha value is -2.84. The van der Waals surface area contributed by atoms with Crippen molar-refractivity contribution in [3.63, 3.8) is 0 Å². The number of likely N-dealkylation sites (N-methyl/N-ethyl adjacent to an activating group) is 2. The predicted molar refractivity (Wildman–Crippen MR) is 121 cm³/mol. The summed E-state index contributed by atoms with van der Waals surface area (Å²) >= 11 is 0. The van der Waals surface area contributed by atoms with Crippen LogP contribution in [0.2, 0.25) is 0 Å². The highest BCUT2D eigenvalue weighted by Gasteiger charge is 2.45. The Morgan fingerprint density at radius 2 is 1.85 bits per heavy atom. The molecular formula is C24H30F3N5O. The van der Waals surface area contributed by atoms with E-state index in [0.717, 1.165) is 25.3 Å². The lowest BCUT2D eigenvalue weighted by Crippen LogP contribution is -2.41. The van der Waals surface area contributed by atoms with Crippen LogP contribution in [0.4, 0.5) is 24.8 Å². The fourth-order valence-electron chi connectivity index (χ4n) is 4.83. The Morgan fingerprint density at radius 3 is 2.42 bits per heavy atom. The van der Waals surface area contributed by atoms with Gasteiger partial charge in [0.1, 0.15) is 12.4 Å². The highest BCUT2D eigenvalue weighted by Crippen LogP contribution is 2.39. The molecule has 4 rings (SSSR count). The highest BCUT2D eigenvalue weighted by molar-refractivity contribution is 5.88. The number of alkyl halides is 2. The van der Waals surface area contributed by atoms with E-state index in [1.165, 1.54) is 18.5 Å². The van der Waals surface area contributed by atoms with Gasteiger partial charge in [-0.05, 0) is 38.7 Å². The van der Waals surface area contributed by atoms with E-state index in [1.807, 2.05) is 18.7 Å². The minimum Gasteiger partial charge on any atom is -0.347 e. The molecule has 2 aliphatic rings. The number of amides is 1. The zero-order valence-electron chi connectivity index (χ0n) is 19.6.